The number of esters is 1. The molecule has 5 nitrogen and oxygen atoms in total. The van der Waals surface area contributed by atoms with E-state index < -0.39 is 17.1 Å². The number of aromatic nitrogens is 1. The minimum atomic E-state index is -0.684. The number of nitrogens with zero attached hydrogens (tertiary/aromatic N) is 1. The molecule has 2 aromatic rings. The lowest BCUT2D eigenvalue weighted by Crippen LogP contribution is -2.27. The molecule has 0 radical (unpaired) electrons. The Morgan fingerprint density at radius 1 is 1.17 bits per heavy atom. The van der Waals surface area contributed by atoms with Crippen LogP contribution in [0.15, 0.2) is 29.1 Å². The monoisotopic (exact) mass is 324 g/mol. The number of ether oxygens (including phenoxy) is 1. The van der Waals surface area contributed by atoms with E-state index in [0.717, 1.165) is 5.56 Å². The summed E-state index contributed by atoms with van der Waals surface area (Å²) >= 11 is 0. The molecule has 0 saturated carbocycles. The minimum absolute atomic E-state index is 0.0923. The highest BCUT2D eigenvalue weighted by molar-refractivity contribution is 6.00. The number of aryl methyl sites for hydroxylation is 2. The van der Waals surface area contributed by atoms with Gasteiger partial charge in [-0.1, -0.05) is 29.8 Å². The van der Waals surface area contributed by atoms with Crippen molar-refractivity contribution in [3.8, 4) is 17.2 Å². The average Bonchev–Trinajstić information content (AvgIpc) is 2.45. The number of hydrogen-bond acceptors (Lipinski definition) is 4. The van der Waals surface area contributed by atoms with E-state index in [-0.39, 0.29) is 11.1 Å². The Balaban J connectivity index is 2.79. The van der Waals surface area contributed by atoms with Gasteiger partial charge in [-0.15, -0.1) is 0 Å². The van der Waals surface area contributed by atoms with E-state index in [2.05, 4.69) is 4.98 Å². The maximum absolute atomic E-state index is 12.7. The molecule has 0 unspecified atom stereocenters. The lowest BCUT2D eigenvalue weighted by molar-refractivity contribution is 0.00691. The summed E-state index contributed by atoms with van der Waals surface area (Å²) in [5.74, 6) is -0.566. The lowest BCUT2D eigenvalue weighted by Gasteiger charge is -2.21. The van der Waals surface area contributed by atoms with Crippen molar-refractivity contribution in [1.29, 1.82) is 5.26 Å². The van der Waals surface area contributed by atoms with Crippen LogP contribution < -0.4 is 5.56 Å². The summed E-state index contributed by atoms with van der Waals surface area (Å²) in [6.07, 6.45) is 0. The molecule has 0 amide bonds. The molecule has 0 aliphatic carbocycles. The second-order valence-corrected chi connectivity index (χ2v) is 6.68. The van der Waals surface area contributed by atoms with Crippen LogP contribution in [0.25, 0.3) is 11.1 Å². The predicted molar refractivity (Wildman–Crippen MR) is 91.9 cm³/mol. The van der Waals surface area contributed by atoms with Crippen LogP contribution in [0.4, 0.5) is 0 Å². The molecule has 0 atom stereocenters. The van der Waals surface area contributed by atoms with Gasteiger partial charge >= 0.3 is 5.97 Å². The van der Waals surface area contributed by atoms with E-state index in [9.17, 15) is 14.9 Å². The van der Waals surface area contributed by atoms with Crippen LogP contribution in [0, 0.1) is 25.2 Å². The minimum Gasteiger partial charge on any atom is -0.456 e. The van der Waals surface area contributed by atoms with Crippen molar-refractivity contribution in [3.63, 3.8) is 0 Å². The highest BCUT2D eigenvalue weighted by atomic mass is 16.6. The van der Waals surface area contributed by atoms with Gasteiger partial charge in [0.15, 0.2) is 0 Å². The first-order valence-corrected chi connectivity index (χ1v) is 7.61. The van der Waals surface area contributed by atoms with Crippen LogP contribution in [0.5, 0.6) is 0 Å². The number of H-pyrrole nitrogens is 1. The fourth-order valence-electron chi connectivity index (χ4n) is 2.42. The van der Waals surface area contributed by atoms with Crippen LogP contribution in [0.1, 0.15) is 48.0 Å². The Kier molecular flexibility index (Phi) is 4.61. The van der Waals surface area contributed by atoms with E-state index >= 15 is 0 Å². The fraction of sp³-hybridized carbons (Fsp3) is 0.316. The first-order valence-electron chi connectivity index (χ1n) is 7.61. The number of nitrogens with one attached hydrogen (secondary N) is 1. The molecular weight excluding hydrogens is 304 g/mol. The number of rotatable bonds is 2. The topological polar surface area (TPSA) is 83.0 Å². The third kappa shape index (κ3) is 3.54. The van der Waals surface area contributed by atoms with Crippen LogP contribution in [0.3, 0.4) is 0 Å². The molecule has 1 aromatic heterocycles. The molecule has 0 aliphatic rings. The largest absolute Gasteiger partial charge is 0.456 e. The van der Waals surface area contributed by atoms with Gasteiger partial charge in [0.25, 0.3) is 5.56 Å². The number of carbonyl (C=O) groups is 1. The number of aromatic amines is 1. The van der Waals surface area contributed by atoms with Gasteiger partial charge in [0.05, 0.1) is 5.56 Å². The Morgan fingerprint density at radius 2 is 1.75 bits per heavy atom. The highest BCUT2D eigenvalue weighted by Gasteiger charge is 2.26. The van der Waals surface area contributed by atoms with E-state index in [0.29, 0.717) is 16.8 Å². The summed E-state index contributed by atoms with van der Waals surface area (Å²) in [6, 6.07) is 9.22. The first-order chi connectivity index (χ1) is 11.1. The predicted octanol–water partition coefficient (Wildman–Crippen LogP) is 3.49. The van der Waals surface area contributed by atoms with E-state index in [1.165, 1.54) is 0 Å². The zero-order chi connectivity index (χ0) is 18.1. The highest BCUT2D eigenvalue weighted by Crippen LogP contribution is 2.29. The van der Waals surface area contributed by atoms with E-state index in [1.807, 2.05) is 25.1 Å². The molecule has 0 aliphatic heterocycles. The Hall–Kier alpha value is -2.87. The summed E-state index contributed by atoms with van der Waals surface area (Å²) in [5, 5.41) is 9.42. The summed E-state index contributed by atoms with van der Waals surface area (Å²) in [6.45, 7) is 8.86. The maximum Gasteiger partial charge on any atom is 0.341 e. The molecule has 1 N–H and O–H groups in total. The fourth-order valence-corrected chi connectivity index (χ4v) is 2.42. The van der Waals surface area contributed by atoms with Gasteiger partial charge < -0.3 is 9.72 Å². The third-order valence-corrected chi connectivity index (χ3v) is 3.46. The lowest BCUT2D eigenvalue weighted by atomic mass is 9.94. The molecule has 0 bridgehead atoms. The zero-order valence-corrected chi connectivity index (χ0v) is 14.5. The average molecular weight is 324 g/mol. The van der Waals surface area contributed by atoms with Gasteiger partial charge in [-0.05, 0) is 40.2 Å². The molecule has 5 heteroatoms. The van der Waals surface area contributed by atoms with Crippen molar-refractivity contribution in [3.05, 3.63) is 57.0 Å². The number of benzene rings is 1. The SMILES string of the molecule is Cc1ccc(-c2c(C(=O)OC(C)(C)C)c(C)[nH]c(=O)c2C#N)cc1. The number of nitriles is 1. The van der Waals surface area contributed by atoms with Crippen LogP contribution in [0.2, 0.25) is 0 Å². The Labute approximate surface area is 140 Å². The third-order valence-electron chi connectivity index (χ3n) is 3.46. The normalized spacial score (nSPS) is 11.0. The molecule has 0 spiro atoms. The number of pyridine rings is 1. The maximum atomic E-state index is 12.7. The van der Waals surface area contributed by atoms with E-state index in [1.54, 1.807) is 39.8 Å². The van der Waals surface area contributed by atoms with Crippen molar-refractivity contribution in [2.45, 2.75) is 40.2 Å². The quantitative estimate of drug-likeness (QED) is 0.857. The van der Waals surface area contributed by atoms with Gasteiger partial charge in [0.1, 0.15) is 17.2 Å². The summed E-state index contributed by atoms with van der Waals surface area (Å²) < 4.78 is 5.46. The molecule has 24 heavy (non-hydrogen) atoms. The van der Waals surface area contributed by atoms with Gasteiger partial charge in [-0.2, -0.15) is 5.26 Å². The number of carbonyl (C=O) groups excluding carboxylic acids is 1. The smallest absolute Gasteiger partial charge is 0.341 e. The Bertz CT molecular complexity index is 879. The second kappa shape index (κ2) is 6.32. The molecule has 2 rings (SSSR count). The van der Waals surface area contributed by atoms with Crippen LogP contribution >= 0.6 is 0 Å². The standard InChI is InChI=1S/C19H20N2O3/c1-11-6-8-13(9-7-11)16-14(10-20)17(22)21-12(2)15(16)18(23)24-19(3,4)5/h6-9H,1-5H3,(H,21,22). The molecule has 1 aromatic carbocycles. The molecule has 124 valence electrons. The van der Waals surface area contributed by atoms with Gasteiger partial charge in [-0.25, -0.2) is 4.79 Å². The molecule has 0 saturated heterocycles. The van der Waals surface area contributed by atoms with Crippen molar-refractivity contribution in [2.75, 3.05) is 0 Å². The van der Waals surface area contributed by atoms with Crippen molar-refractivity contribution < 1.29 is 9.53 Å². The Morgan fingerprint density at radius 3 is 2.25 bits per heavy atom. The van der Waals surface area contributed by atoms with Crippen molar-refractivity contribution in [1.82, 2.24) is 4.98 Å². The number of hydrogen-bond donors (Lipinski definition) is 1. The summed E-state index contributed by atoms with van der Waals surface area (Å²) in [7, 11) is 0. The van der Waals surface area contributed by atoms with E-state index in [4.69, 9.17) is 4.74 Å². The van der Waals surface area contributed by atoms with Gasteiger partial charge in [0.2, 0.25) is 0 Å². The second-order valence-electron chi connectivity index (χ2n) is 6.68. The zero-order valence-electron chi connectivity index (χ0n) is 14.5. The molecular formula is C19H20N2O3. The van der Waals surface area contributed by atoms with Gasteiger partial charge in [0, 0.05) is 11.3 Å². The van der Waals surface area contributed by atoms with Crippen LogP contribution in [-0.4, -0.2) is 16.6 Å². The van der Waals surface area contributed by atoms with Crippen molar-refractivity contribution in [2.24, 2.45) is 0 Å². The molecule has 1 heterocycles. The summed E-state index contributed by atoms with van der Waals surface area (Å²) in [5.41, 5.74) is 1.28. The first kappa shape index (κ1) is 17.5. The van der Waals surface area contributed by atoms with Crippen LogP contribution in [-0.2, 0) is 4.74 Å². The van der Waals surface area contributed by atoms with Crippen molar-refractivity contribution >= 4 is 5.97 Å². The van der Waals surface area contributed by atoms with Gasteiger partial charge in [-0.3, -0.25) is 4.79 Å². The summed E-state index contributed by atoms with van der Waals surface area (Å²) in [4.78, 5) is 27.4. The molecule has 0 fully saturated rings.